The molecule has 0 N–H and O–H groups in total. The van der Waals surface area contributed by atoms with Crippen molar-refractivity contribution in [2.45, 2.75) is 6.42 Å². The van der Waals surface area contributed by atoms with Crippen LogP contribution < -0.4 is 23.4 Å². The quantitative estimate of drug-likeness (QED) is 0.551. The first-order valence-corrected chi connectivity index (χ1v) is 6.67. The molecule has 0 unspecified atom stereocenters. The highest BCUT2D eigenvalue weighted by Gasteiger charge is 2.08. The monoisotopic (exact) mass is 287 g/mol. The molecule has 0 saturated carbocycles. The van der Waals surface area contributed by atoms with Crippen LogP contribution in [0.2, 0.25) is 0 Å². The highest BCUT2D eigenvalue weighted by molar-refractivity contribution is 5.67. The Hall–Kier alpha value is -1.44. The lowest BCUT2D eigenvalue weighted by molar-refractivity contribution is -2.00. The fourth-order valence-corrected chi connectivity index (χ4v) is 1.38. The van der Waals surface area contributed by atoms with Crippen LogP contribution in [0.4, 0.5) is 0 Å². The molecule has 1 aromatic rings. The summed E-state index contributed by atoms with van der Waals surface area (Å²) < 4.78 is 41.8. The molecule has 6 nitrogen and oxygen atoms in total. The minimum absolute atomic E-state index is 0.914. The Bertz CT molecular complexity index is 447. The first kappa shape index (κ1) is 15.6. The smallest absolute Gasteiger partial charge is 0.166 e. The molecule has 1 aliphatic heterocycles. The van der Waals surface area contributed by atoms with Crippen molar-refractivity contribution in [2.24, 2.45) is 0 Å². The zero-order valence-electron chi connectivity index (χ0n) is 10.3. The number of ether oxygens (including phenoxy) is 1. The second-order valence-corrected chi connectivity index (χ2v) is 4.56. The Morgan fingerprint density at radius 2 is 1.68 bits per heavy atom. The zero-order chi connectivity index (χ0) is 14.3. The van der Waals surface area contributed by atoms with Crippen molar-refractivity contribution in [1.29, 1.82) is 0 Å². The number of benzene rings is 1. The summed E-state index contributed by atoms with van der Waals surface area (Å²) in [6, 6.07) is 9.89. The lowest BCUT2D eigenvalue weighted by Gasteiger charge is -2.17. The summed E-state index contributed by atoms with van der Waals surface area (Å²) in [6.45, 7) is 1.03. The van der Waals surface area contributed by atoms with Crippen LogP contribution >= 0.6 is 0 Å². The van der Waals surface area contributed by atoms with Crippen LogP contribution in [-0.4, -0.2) is 24.4 Å². The van der Waals surface area contributed by atoms with Crippen LogP contribution in [0.5, 0.6) is 5.75 Å². The minimum atomic E-state index is -4.94. The average Bonchev–Trinajstić information content (AvgIpc) is 2.31. The molecule has 7 heteroatoms. The summed E-state index contributed by atoms with van der Waals surface area (Å²) in [5.41, 5.74) is 0. The fraction of sp³-hybridized carbons (Fsp3) is 0.250. The molecule has 104 valence electrons. The largest absolute Gasteiger partial charge is 0.461 e. The van der Waals surface area contributed by atoms with E-state index in [1.54, 1.807) is 0 Å². The topological polar surface area (TPSA) is 104 Å². The molecule has 1 aromatic carbocycles. The molecule has 0 amide bonds. The molecule has 19 heavy (non-hydrogen) atoms. The summed E-state index contributed by atoms with van der Waals surface area (Å²) >= 11 is 0. The van der Waals surface area contributed by atoms with E-state index in [-0.39, 0.29) is 0 Å². The van der Waals surface area contributed by atoms with Gasteiger partial charge in [0.05, 0.1) is 6.42 Å². The number of hydrogen-bond donors (Lipinski definition) is 0. The average molecular weight is 288 g/mol. The minimum Gasteiger partial charge on any atom is -0.461 e. The molecular weight excluding hydrogens is 274 g/mol. The zero-order valence-corrected chi connectivity index (χ0v) is 11.1. The summed E-state index contributed by atoms with van der Waals surface area (Å²) in [5.74, 6) is 1.95. The normalized spacial score (nSPS) is 14.8. The molecule has 0 saturated heterocycles. The van der Waals surface area contributed by atoms with Gasteiger partial charge < -0.3 is 4.74 Å². The lowest BCUT2D eigenvalue weighted by Crippen LogP contribution is -2.68. The van der Waals surface area contributed by atoms with E-state index in [4.69, 9.17) is 23.4 Å². The van der Waals surface area contributed by atoms with Crippen LogP contribution in [0.1, 0.15) is 6.42 Å². The summed E-state index contributed by atoms with van der Waals surface area (Å²) in [6.07, 6.45) is 5.04. The van der Waals surface area contributed by atoms with E-state index < -0.39 is 10.2 Å². The first-order chi connectivity index (χ1) is 8.84. The molecule has 0 aromatic heterocycles. The molecule has 0 bridgehead atoms. The van der Waals surface area contributed by atoms with Gasteiger partial charge in [-0.2, -0.15) is 0 Å². The standard InChI is InChI=1S/C12H14NO.ClHO4/c1-13-9-7-12(8-10-13)14-11-5-3-2-4-6-11;2-1(3,4)5/h2-7,9H,8,10H2,1H3;(H,2,3,4,5)/q+1;/p-1. The summed E-state index contributed by atoms with van der Waals surface area (Å²) in [5, 5.41) is 0. The van der Waals surface area contributed by atoms with Crippen molar-refractivity contribution in [3.05, 3.63) is 42.2 Å². The van der Waals surface area contributed by atoms with Gasteiger partial charge in [-0.1, -0.05) is 18.2 Å². The van der Waals surface area contributed by atoms with Gasteiger partial charge in [0, 0.05) is 6.08 Å². The number of hydrogen-bond acceptors (Lipinski definition) is 5. The van der Waals surface area contributed by atoms with E-state index in [0.29, 0.717) is 0 Å². The molecule has 0 spiro atoms. The van der Waals surface area contributed by atoms with E-state index in [1.165, 1.54) is 0 Å². The number of halogens is 1. The molecule has 0 fully saturated rings. The second-order valence-electron chi connectivity index (χ2n) is 3.81. The number of allylic oxidation sites excluding steroid dienone is 1. The molecule has 2 rings (SSSR count). The van der Waals surface area contributed by atoms with Crippen LogP contribution in [0.25, 0.3) is 0 Å². The van der Waals surface area contributed by atoms with Gasteiger partial charge in [-0.3, -0.25) is 0 Å². The highest BCUT2D eigenvalue weighted by Crippen LogP contribution is 2.15. The van der Waals surface area contributed by atoms with Gasteiger partial charge in [-0.05, 0) is 12.1 Å². The summed E-state index contributed by atoms with van der Waals surface area (Å²) in [4.78, 5) is 0. The van der Waals surface area contributed by atoms with E-state index >= 15 is 0 Å². The van der Waals surface area contributed by atoms with Crippen molar-refractivity contribution in [2.75, 3.05) is 13.6 Å². The summed E-state index contributed by atoms with van der Waals surface area (Å²) in [7, 11) is -2.88. The van der Waals surface area contributed by atoms with Gasteiger partial charge in [0.1, 0.15) is 25.1 Å². The van der Waals surface area contributed by atoms with Gasteiger partial charge in [-0.25, -0.2) is 23.2 Å². The third kappa shape index (κ3) is 8.30. The third-order valence-electron chi connectivity index (χ3n) is 2.22. The van der Waals surface area contributed by atoms with Gasteiger partial charge in [0.15, 0.2) is 6.21 Å². The van der Waals surface area contributed by atoms with Crippen molar-refractivity contribution in [3.63, 3.8) is 0 Å². The Kier molecular flexibility index (Phi) is 5.94. The van der Waals surface area contributed by atoms with Crippen molar-refractivity contribution >= 4 is 6.21 Å². The van der Waals surface area contributed by atoms with Gasteiger partial charge in [-0.15, -0.1) is 10.2 Å². The molecule has 0 atom stereocenters. The molecule has 0 aliphatic carbocycles. The fourth-order valence-electron chi connectivity index (χ4n) is 1.38. The maximum absolute atomic E-state index is 8.49. The lowest BCUT2D eigenvalue weighted by atomic mass is 10.2. The first-order valence-electron chi connectivity index (χ1n) is 5.43. The molecule has 1 heterocycles. The van der Waals surface area contributed by atoms with Gasteiger partial charge >= 0.3 is 0 Å². The Balaban J connectivity index is 0.000000312. The predicted octanol–water partition coefficient (Wildman–Crippen LogP) is -2.69. The number of para-hydroxylation sites is 1. The molecule has 1 aliphatic rings. The van der Waals surface area contributed by atoms with Crippen LogP contribution in [0.15, 0.2) is 42.2 Å². The van der Waals surface area contributed by atoms with Crippen LogP contribution in [0, 0.1) is 10.2 Å². The van der Waals surface area contributed by atoms with E-state index in [1.807, 2.05) is 42.6 Å². The SMILES string of the molecule is C[N+]1=CC=C(Oc2ccccc2)CC1.[O-][Cl+3]([O-])([O-])[O-]. The maximum atomic E-state index is 8.49. The van der Waals surface area contributed by atoms with E-state index in [2.05, 4.69) is 11.6 Å². The van der Waals surface area contributed by atoms with Gasteiger partial charge in [0.25, 0.3) is 0 Å². The third-order valence-corrected chi connectivity index (χ3v) is 2.22. The molecule has 0 radical (unpaired) electrons. The maximum Gasteiger partial charge on any atom is 0.166 e. The second kappa shape index (κ2) is 7.22. The van der Waals surface area contributed by atoms with Crippen LogP contribution in [0.3, 0.4) is 0 Å². The van der Waals surface area contributed by atoms with Crippen LogP contribution in [-0.2, 0) is 0 Å². The predicted molar refractivity (Wildman–Crippen MR) is 56.9 cm³/mol. The Morgan fingerprint density at radius 3 is 2.16 bits per heavy atom. The number of nitrogens with zero attached hydrogens (tertiary/aromatic N) is 1. The van der Waals surface area contributed by atoms with Crippen molar-refractivity contribution < 1.29 is 38.2 Å². The van der Waals surface area contributed by atoms with E-state index in [0.717, 1.165) is 24.5 Å². The number of rotatable bonds is 2. The van der Waals surface area contributed by atoms with Crippen molar-refractivity contribution in [1.82, 2.24) is 0 Å². The highest BCUT2D eigenvalue weighted by atomic mass is 35.7. The Morgan fingerprint density at radius 1 is 1.11 bits per heavy atom. The van der Waals surface area contributed by atoms with Gasteiger partial charge in [0.2, 0.25) is 0 Å². The van der Waals surface area contributed by atoms with Crippen molar-refractivity contribution in [3.8, 4) is 5.75 Å². The Labute approximate surface area is 113 Å². The molecular formula is C12H14ClNO5. The van der Waals surface area contributed by atoms with E-state index in [9.17, 15) is 0 Å².